The number of benzene rings is 1. The van der Waals surface area contributed by atoms with Crippen molar-refractivity contribution in [1.29, 1.82) is 0 Å². The van der Waals surface area contributed by atoms with Gasteiger partial charge in [0.25, 0.3) is 0 Å². The lowest BCUT2D eigenvalue weighted by atomic mass is 9.90. The van der Waals surface area contributed by atoms with Crippen molar-refractivity contribution in [1.82, 2.24) is 15.5 Å². The van der Waals surface area contributed by atoms with Crippen molar-refractivity contribution in [3.05, 3.63) is 30.2 Å². The van der Waals surface area contributed by atoms with E-state index in [-0.39, 0.29) is 0 Å². The summed E-state index contributed by atoms with van der Waals surface area (Å²) in [7, 11) is 1.66. The number of nitrogens with one attached hydrogen (secondary N) is 1. The maximum absolute atomic E-state index is 5.48. The van der Waals surface area contributed by atoms with Crippen LogP contribution in [-0.4, -0.2) is 29.3 Å². The highest BCUT2D eigenvalue weighted by Crippen LogP contribution is 2.33. The maximum Gasteiger partial charge on any atom is 0.227 e. The van der Waals surface area contributed by atoms with Crippen LogP contribution in [0, 0.1) is 5.92 Å². The van der Waals surface area contributed by atoms with E-state index in [4.69, 9.17) is 9.26 Å². The zero-order valence-electron chi connectivity index (χ0n) is 12.8. The van der Waals surface area contributed by atoms with Crippen LogP contribution >= 0.6 is 0 Å². The van der Waals surface area contributed by atoms with Crippen LogP contribution in [-0.2, 0) is 6.42 Å². The van der Waals surface area contributed by atoms with Crippen molar-refractivity contribution in [2.24, 2.45) is 5.92 Å². The molecule has 0 saturated carbocycles. The van der Waals surface area contributed by atoms with Crippen LogP contribution in [0.2, 0.25) is 0 Å². The first-order valence-electron chi connectivity index (χ1n) is 8.04. The molecule has 2 unspecified atom stereocenters. The van der Waals surface area contributed by atoms with Crippen LogP contribution in [0.25, 0.3) is 11.4 Å². The molecule has 1 aromatic carbocycles. The van der Waals surface area contributed by atoms with E-state index in [1.165, 1.54) is 25.7 Å². The summed E-state index contributed by atoms with van der Waals surface area (Å²) >= 11 is 0. The molecule has 3 heterocycles. The molecule has 2 atom stereocenters. The van der Waals surface area contributed by atoms with Gasteiger partial charge in [0.15, 0.2) is 0 Å². The van der Waals surface area contributed by atoms with Gasteiger partial charge < -0.3 is 14.6 Å². The Labute approximate surface area is 130 Å². The first kappa shape index (κ1) is 13.8. The van der Waals surface area contributed by atoms with E-state index >= 15 is 0 Å². The average Bonchev–Trinajstić information content (AvgIpc) is 3.14. The normalized spacial score (nSPS) is 27.0. The summed E-state index contributed by atoms with van der Waals surface area (Å²) < 4.78 is 10.8. The topological polar surface area (TPSA) is 60.2 Å². The third-order valence-corrected chi connectivity index (χ3v) is 4.85. The van der Waals surface area contributed by atoms with Crippen molar-refractivity contribution in [3.8, 4) is 17.1 Å². The molecule has 2 aromatic rings. The van der Waals surface area contributed by atoms with Crippen molar-refractivity contribution >= 4 is 0 Å². The summed E-state index contributed by atoms with van der Waals surface area (Å²) in [4.78, 5) is 4.58. The van der Waals surface area contributed by atoms with Crippen molar-refractivity contribution in [2.45, 2.75) is 44.2 Å². The fourth-order valence-electron chi connectivity index (χ4n) is 3.87. The summed E-state index contributed by atoms with van der Waals surface area (Å²) in [6.45, 7) is 0. The first-order chi connectivity index (χ1) is 10.8. The molecule has 1 aromatic heterocycles. The number of nitrogens with zero attached hydrogens (tertiary/aromatic N) is 2. The average molecular weight is 299 g/mol. The molecular formula is C17H21N3O2. The van der Waals surface area contributed by atoms with Gasteiger partial charge in [-0.25, -0.2) is 0 Å². The zero-order valence-corrected chi connectivity index (χ0v) is 12.8. The van der Waals surface area contributed by atoms with Gasteiger partial charge in [-0.1, -0.05) is 17.3 Å². The third kappa shape index (κ3) is 2.61. The smallest absolute Gasteiger partial charge is 0.227 e. The van der Waals surface area contributed by atoms with Crippen molar-refractivity contribution in [3.63, 3.8) is 0 Å². The van der Waals surface area contributed by atoms with Crippen molar-refractivity contribution in [2.75, 3.05) is 7.11 Å². The molecule has 0 amide bonds. The van der Waals surface area contributed by atoms with E-state index in [0.29, 0.717) is 23.8 Å². The fourth-order valence-corrected chi connectivity index (χ4v) is 3.87. The molecule has 2 fully saturated rings. The number of methoxy groups -OCH3 is 1. The van der Waals surface area contributed by atoms with Gasteiger partial charge in [0.1, 0.15) is 5.75 Å². The number of hydrogen-bond donors (Lipinski definition) is 1. The molecular weight excluding hydrogens is 278 g/mol. The Morgan fingerprint density at radius 2 is 2.00 bits per heavy atom. The van der Waals surface area contributed by atoms with Crippen LogP contribution in [0.5, 0.6) is 5.75 Å². The molecule has 0 aliphatic carbocycles. The Balaban J connectivity index is 1.49. The Morgan fingerprint density at radius 1 is 1.23 bits per heavy atom. The fraction of sp³-hybridized carbons (Fsp3) is 0.529. The van der Waals surface area contributed by atoms with Crippen LogP contribution in [0.4, 0.5) is 0 Å². The monoisotopic (exact) mass is 299 g/mol. The first-order valence-corrected chi connectivity index (χ1v) is 8.04. The SMILES string of the molecule is COc1ccccc1-c1noc(CC2CC3CCC(C2)N3)n1. The minimum absolute atomic E-state index is 0.615. The van der Waals surface area contributed by atoms with E-state index < -0.39 is 0 Å². The molecule has 0 spiro atoms. The number of rotatable bonds is 4. The Morgan fingerprint density at radius 3 is 2.77 bits per heavy atom. The summed E-state index contributed by atoms with van der Waals surface area (Å²) in [6.07, 6.45) is 5.97. The highest BCUT2D eigenvalue weighted by atomic mass is 16.5. The van der Waals surface area contributed by atoms with Gasteiger partial charge in [0.2, 0.25) is 11.7 Å². The van der Waals surface area contributed by atoms with Crippen LogP contribution in [0.1, 0.15) is 31.6 Å². The van der Waals surface area contributed by atoms with E-state index in [9.17, 15) is 0 Å². The Hall–Kier alpha value is -1.88. The summed E-state index contributed by atoms with van der Waals surface area (Å²) in [6, 6.07) is 9.15. The molecule has 2 aliphatic rings. The highest BCUT2D eigenvalue weighted by Gasteiger charge is 2.34. The molecule has 2 bridgehead atoms. The lowest BCUT2D eigenvalue weighted by molar-refractivity contribution is 0.270. The van der Waals surface area contributed by atoms with Gasteiger partial charge in [-0.3, -0.25) is 0 Å². The van der Waals surface area contributed by atoms with Crippen LogP contribution in [0.3, 0.4) is 0 Å². The van der Waals surface area contributed by atoms with Gasteiger partial charge in [0, 0.05) is 18.5 Å². The number of hydrogen-bond acceptors (Lipinski definition) is 5. The highest BCUT2D eigenvalue weighted by molar-refractivity contribution is 5.63. The molecule has 2 aliphatic heterocycles. The zero-order chi connectivity index (χ0) is 14.9. The third-order valence-electron chi connectivity index (χ3n) is 4.85. The summed E-state index contributed by atoms with van der Waals surface area (Å²) in [5.74, 6) is 2.79. The minimum Gasteiger partial charge on any atom is -0.496 e. The Bertz CT molecular complexity index is 643. The second-order valence-electron chi connectivity index (χ2n) is 6.39. The lowest BCUT2D eigenvalue weighted by Gasteiger charge is -2.27. The minimum atomic E-state index is 0.615. The molecule has 116 valence electrons. The molecule has 22 heavy (non-hydrogen) atoms. The van der Waals surface area contributed by atoms with E-state index in [0.717, 1.165) is 23.6 Å². The molecule has 5 heteroatoms. The maximum atomic E-state index is 5.48. The standard InChI is InChI=1S/C17H21N3O2/c1-21-15-5-3-2-4-14(15)17-19-16(22-20-17)10-11-8-12-6-7-13(9-11)18-12/h2-5,11-13,18H,6-10H2,1H3. The summed E-state index contributed by atoms with van der Waals surface area (Å²) in [5.41, 5.74) is 0.880. The molecule has 4 rings (SSSR count). The second kappa shape index (κ2) is 5.72. The molecule has 5 nitrogen and oxygen atoms in total. The van der Waals surface area contributed by atoms with Crippen molar-refractivity contribution < 1.29 is 9.26 Å². The van der Waals surface area contributed by atoms with Gasteiger partial charge in [-0.2, -0.15) is 4.98 Å². The largest absolute Gasteiger partial charge is 0.496 e. The van der Waals surface area contributed by atoms with E-state index in [1.807, 2.05) is 24.3 Å². The molecule has 0 radical (unpaired) electrons. The van der Waals surface area contributed by atoms with Crippen LogP contribution in [0.15, 0.2) is 28.8 Å². The van der Waals surface area contributed by atoms with E-state index in [2.05, 4.69) is 15.5 Å². The number of aromatic nitrogens is 2. The Kier molecular flexibility index (Phi) is 3.58. The molecule has 1 N–H and O–H groups in total. The lowest BCUT2D eigenvalue weighted by Crippen LogP contribution is -2.38. The van der Waals surface area contributed by atoms with Gasteiger partial charge in [0.05, 0.1) is 12.7 Å². The van der Waals surface area contributed by atoms with Gasteiger partial charge >= 0.3 is 0 Å². The predicted octanol–water partition coefficient (Wildman–Crippen LogP) is 2.82. The van der Waals surface area contributed by atoms with E-state index in [1.54, 1.807) is 7.11 Å². The number of piperidine rings is 1. The quantitative estimate of drug-likeness (QED) is 0.940. The van der Waals surface area contributed by atoms with Gasteiger partial charge in [-0.05, 0) is 43.7 Å². The summed E-state index contributed by atoms with van der Waals surface area (Å²) in [5, 5.41) is 7.80. The number of fused-ring (bicyclic) bond motifs is 2. The second-order valence-corrected chi connectivity index (χ2v) is 6.39. The van der Waals surface area contributed by atoms with Gasteiger partial charge in [-0.15, -0.1) is 0 Å². The molecule has 2 saturated heterocycles. The number of para-hydroxylation sites is 1. The van der Waals surface area contributed by atoms with Crippen LogP contribution < -0.4 is 10.1 Å². The number of ether oxygens (including phenoxy) is 1. The predicted molar refractivity (Wildman–Crippen MR) is 82.7 cm³/mol.